The maximum Gasteiger partial charge on any atom is 0.0423 e. The van der Waals surface area contributed by atoms with E-state index in [1.807, 2.05) is 0 Å². The third-order valence-electron chi connectivity index (χ3n) is 3.18. The van der Waals surface area contributed by atoms with E-state index in [1.165, 1.54) is 37.7 Å². The molecule has 0 heterocycles. The zero-order chi connectivity index (χ0) is 9.80. The molecule has 0 aliphatic heterocycles. The lowest BCUT2D eigenvalue weighted by molar-refractivity contribution is 0.354. The standard InChI is InChI=1S/C13H17Br/c14-13(11-7-3-1-4-8-11)12-9-5-2-6-10-12/h1,3-4,7-8,12-13H,2,5-6,9-10H2/t13-/m1/s1. The molecule has 1 heteroatoms. The van der Waals surface area contributed by atoms with Crippen molar-refractivity contribution in [1.29, 1.82) is 0 Å². The highest BCUT2D eigenvalue weighted by molar-refractivity contribution is 9.09. The van der Waals surface area contributed by atoms with Crippen molar-refractivity contribution >= 4 is 15.9 Å². The van der Waals surface area contributed by atoms with Crippen molar-refractivity contribution in [3.8, 4) is 0 Å². The van der Waals surface area contributed by atoms with E-state index in [9.17, 15) is 0 Å². The van der Waals surface area contributed by atoms with Gasteiger partial charge < -0.3 is 0 Å². The Bertz CT molecular complexity index is 262. The van der Waals surface area contributed by atoms with Crippen LogP contribution < -0.4 is 0 Å². The predicted octanol–water partition coefficient (Wildman–Crippen LogP) is 4.70. The van der Waals surface area contributed by atoms with Crippen LogP contribution >= 0.6 is 15.9 Å². The number of halogens is 1. The number of rotatable bonds is 2. The van der Waals surface area contributed by atoms with Gasteiger partial charge >= 0.3 is 0 Å². The van der Waals surface area contributed by atoms with E-state index in [-0.39, 0.29) is 0 Å². The van der Waals surface area contributed by atoms with Gasteiger partial charge in [-0.05, 0) is 24.3 Å². The van der Waals surface area contributed by atoms with Crippen LogP contribution in [-0.2, 0) is 0 Å². The van der Waals surface area contributed by atoms with Crippen molar-refractivity contribution in [2.75, 3.05) is 0 Å². The maximum atomic E-state index is 3.85. The summed E-state index contributed by atoms with van der Waals surface area (Å²) in [5.41, 5.74) is 1.44. The molecule has 2 rings (SSSR count). The summed E-state index contributed by atoms with van der Waals surface area (Å²) < 4.78 is 0. The van der Waals surface area contributed by atoms with Gasteiger partial charge in [-0.1, -0.05) is 65.5 Å². The predicted molar refractivity (Wildman–Crippen MR) is 64.7 cm³/mol. The fourth-order valence-corrected chi connectivity index (χ4v) is 3.17. The zero-order valence-electron chi connectivity index (χ0n) is 8.45. The van der Waals surface area contributed by atoms with E-state index in [1.54, 1.807) is 0 Å². The molecular formula is C13H17Br. The Morgan fingerprint density at radius 2 is 1.64 bits per heavy atom. The van der Waals surface area contributed by atoms with Gasteiger partial charge in [0.05, 0.1) is 0 Å². The van der Waals surface area contributed by atoms with Gasteiger partial charge in [0.1, 0.15) is 0 Å². The van der Waals surface area contributed by atoms with E-state index in [0.717, 1.165) is 5.92 Å². The fraction of sp³-hybridized carbons (Fsp3) is 0.538. The third-order valence-corrected chi connectivity index (χ3v) is 4.46. The van der Waals surface area contributed by atoms with Crippen LogP contribution in [0.5, 0.6) is 0 Å². The molecule has 0 radical (unpaired) electrons. The lowest BCUT2D eigenvalue weighted by Gasteiger charge is -2.26. The second kappa shape index (κ2) is 4.97. The zero-order valence-corrected chi connectivity index (χ0v) is 10.0. The monoisotopic (exact) mass is 252 g/mol. The van der Waals surface area contributed by atoms with E-state index in [2.05, 4.69) is 46.3 Å². The molecule has 14 heavy (non-hydrogen) atoms. The average Bonchev–Trinajstić information content (AvgIpc) is 2.30. The Hall–Kier alpha value is -0.300. The van der Waals surface area contributed by atoms with Crippen LogP contribution in [0.4, 0.5) is 0 Å². The normalized spacial score (nSPS) is 20.6. The second-order valence-electron chi connectivity index (χ2n) is 4.21. The molecule has 0 spiro atoms. The highest BCUT2D eigenvalue weighted by Gasteiger charge is 2.22. The number of alkyl halides is 1. The molecule has 1 aromatic carbocycles. The first-order valence-corrected chi connectivity index (χ1v) is 6.48. The molecule has 0 unspecified atom stereocenters. The van der Waals surface area contributed by atoms with Crippen molar-refractivity contribution in [1.82, 2.24) is 0 Å². The molecule has 0 saturated heterocycles. The highest BCUT2D eigenvalue weighted by atomic mass is 79.9. The van der Waals surface area contributed by atoms with Crippen molar-refractivity contribution in [3.05, 3.63) is 35.9 Å². The summed E-state index contributed by atoms with van der Waals surface area (Å²) in [5, 5.41) is 0. The maximum absolute atomic E-state index is 3.85. The van der Waals surface area contributed by atoms with Crippen molar-refractivity contribution in [2.24, 2.45) is 5.92 Å². The minimum absolute atomic E-state index is 0.573. The molecule has 0 amide bonds. The van der Waals surface area contributed by atoms with Crippen molar-refractivity contribution in [3.63, 3.8) is 0 Å². The molecule has 1 saturated carbocycles. The van der Waals surface area contributed by atoms with Gasteiger partial charge in [-0.15, -0.1) is 0 Å². The van der Waals surface area contributed by atoms with E-state index in [4.69, 9.17) is 0 Å². The Morgan fingerprint density at radius 1 is 1.00 bits per heavy atom. The summed E-state index contributed by atoms with van der Waals surface area (Å²) in [4.78, 5) is 0.573. The smallest absolute Gasteiger partial charge is 0.0423 e. The van der Waals surface area contributed by atoms with E-state index < -0.39 is 0 Å². The number of hydrogen-bond acceptors (Lipinski definition) is 0. The molecule has 0 nitrogen and oxygen atoms in total. The second-order valence-corrected chi connectivity index (χ2v) is 5.20. The molecule has 1 fully saturated rings. The Labute approximate surface area is 94.8 Å². The van der Waals surface area contributed by atoms with Crippen LogP contribution in [0, 0.1) is 5.92 Å². The van der Waals surface area contributed by atoms with Gasteiger partial charge in [-0.2, -0.15) is 0 Å². The SMILES string of the molecule is Br[C@H](c1ccccc1)C1CCCCC1. The molecule has 1 atom stereocenters. The van der Waals surface area contributed by atoms with Crippen LogP contribution in [0.1, 0.15) is 42.5 Å². The Balaban J connectivity index is 2.03. The molecular weight excluding hydrogens is 236 g/mol. The first kappa shape index (κ1) is 10.2. The van der Waals surface area contributed by atoms with Crippen LogP contribution in [0.3, 0.4) is 0 Å². The molecule has 1 aliphatic rings. The van der Waals surface area contributed by atoms with Gasteiger partial charge in [0.25, 0.3) is 0 Å². The van der Waals surface area contributed by atoms with Gasteiger partial charge in [0.15, 0.2) is 0 Å². The molecule has 1 aliphatic carbocycles. The molecule has 1 aromatic rings. The third kappa shape index (κ3) is 2.38. The Morgan fingerprint density at radius 3 is 2.29 bits per heavy atom. The van der Waals surface area contributed by atoms with Gasteiger partial charge in [0, 0.05) is 4.83 Å². The summed E-state index contributed by atoms with van der Waals surface area (Å²) in [7, 11) is 0. The molecule has 0 aromatic heterocycles. The minimum atomic E-state index is 0.573. The number of hydrogen-bond donors (Lipinski definition) is 0. The van der Waals surface area contributed by atoms with E-state index >= 15 is 0 Å². The average molecular weight is 253 g/mol. The van der Waals surface area contributed by atoms with Crippen LogP contribution in [0.2, 0.25) is 0 Å². The fourth-order valence-electron chi connectivity index (χ4n) is 2.34. The first-order chi connectivity index (χ1) is 6.88. The minimum Gasteiger partial charge on any atom is -0.0836 e. The van der Waals surface area contributed by atoms with Gasteiger partial charge in [-0.25, -0.2) is 0 Å². The lowest BCUT2D eigenvalue weighted by atomic mass is 9.85. The summed E-state index contributed by atoms with van der Waals surface area (Å²) in [6.07, 6.45) is 7.06. The quantitative estimate of drug-likeness (QED) is 0.670. The number of benzene rings is 1. The van der Waals surface area contributed by atoms with Crippen LogP contribution in [0.25, 0.3) is 0 Å². The summed E-state index contributed by atoms with van der Waals surface area (Å²) in [6, 6.07) is 10.8. The largest absolute Gasteiger partial charge is 0.0836 e. The van der Waals surface area contributed by atoms with Crippen LogP contribution in [0.15, 0.2) is 30.3 Å². The molecule has 0 bridgehead atoms. The lowest BCUT2D eigenvalue weighted by Crippen LogP contribution is -2.11. The first-order valence-electron chi connectivity index (χ1n) is 5.57. The Kier molecular flexibility index (Phi) is 3.63. The highest BCUT2D eigenvalue weighted by Crippen LogP contribution is 2.39. The summed E-state index contributed by atoms with van der Waals surface area (Å²) >= 11 is 3.85. The van der Waals surface area contributed by atoms with E-state index in [0.29, 0.717) is 4.83 Å². The summed E-state index contributed by atoms with van der Waals surface area (Å²) in [5.74, 6) is 0.853. The van der Waals surface area contributed by atoms with Crippen LogP contribution in [-0.4, -0.2) is 0 Å². The van der Waals surface area contributed by atoms with Crippen molar-refractivity contribution in [2.45, 2.75) is 36.9 Å². The summed E-state index contributed by atoms with van der Waals surface area (Å²) in [6.45, 7) is 0. The molecule has 0 N–H and O–H groups in total. The topological polar surface area (TPSA) is 0 Å². The van der Waals surface area contributed by atoms with Gasteiger partial charge in [-0.3, -0.25) is 0 Å². The van der Waals surface area contributed by atoms with Gasteiger partial charge in [0.2, 0.25) is 0 Å². The molecule has 76 valence electrons. The van der Waals surface area contributed by atoms with Crippen molar-refractivity contribution < 1.29 is 0 Å².